The molecular weight excluding hydrogens is 384 g/mol. The van der Waals surface area contributed by atoms with Gasteiger partial charge < -0.3 is 19.7 Å². The average Bonchev–Trinajstić information content (AvgIpc) is 2.69. The molecule has 3 rings (SSSR count). The highest BCUT2D eigenvalue weighted by Crippen LogP contribution is 2.30. The van der Waals surface area contributed by atoms with Crippen molar-refractivity contribution in [3.8, 4) is 5.75 Å². The quantitative estimate of drug-likeness (QED) is 0.694. The first-order valence-electron chi connectivity index (χ1n) is 8.84. The number of halogens is 1. The van der Waals surface area contributed by atoms with Gasteiger partial charge in [-0.25, -0.2) is 0 Å². The van der Waals surface area contributed by atoms with E-state index in [2.05, 4.69) is 10.2 Å². The van der Waals surface area contributed by atoms with Crippen molar-refractivity contribution in [2.75, 3.05) is 49.4 Å². The highest BCUT2D eigenvalue weighted by Gasteiger charge is 2.16. The number of rotatable bonds is 7. The number of carbonyl (C=O) groups excluding carboxylic acids is 1. The van der Waals surface area contributed by atoms with Crippen LogP contribution in [0.2, 0.25) is 5.02 Å². The van der Waals surface area contributed by atoms with Crippen molar-refractivity contribution < 1.29 is 14.3 Å². The summed E-state index contributed by atoms with van der Waals surface area (Å²) in [7, 11) is 1.65. The van der Waals surface area contributed by atoms with Gasteiger partial charge in [-0.2, -0.15) is 0 Å². The summed E-state index contributed by atoms with van der Waals surface area (Å²) in [6.07, 6.45) is 0.422. The van der Waals surface area contributed by atoms with E-state index in [1.165, 1.54) is 0 Å². The Bertz CT molecular complexity index is 764. The summed E-state index contributed by atoms with van der Waals surface area (Å²) in [6.45, 7) is 2.98. The van der Waals surface area contributed by atoms with E-state index in [1.807, 2.05) is 36.4 Å². The molecule has 5 nitrogen and oxygen atoms in total. The van der Waals surface area contributed by atoms with Crippen LogP contribution in [-0.4, -0.2) is 45.1 Å². The zero-order chi connectivity index (χ0) is 19.1. The summed E-state index contributed by atoms with van der Waals surface area (Å²) in [6, 6.07) is 13.4. The van der Waals surface area contributed by atoms with Gasteiger partial charge in [-0.1, -0.05) is 11.6 Å². The van der Waals surface area contributed by atoms with Crippen LogP contribution in [0.1, 0.15) is 6.42 Å². The molecule has 1 N–H and O–H groups in total. The van der Waals surface area contributed by atoms with Crippen molar-refractivity contribution in [3.63, 3.8) is 0 Å². The van der Waals surface area contributed by atoms with Crippen molar-refractivity contribution in [2.24, 2.45) is 0 Å². The molecule has 2 aromatic carbocycles. The van der Waals surface area contributed by atoms with E-state index < -0.39 is 0 Å². The standard InChI is InChI=1S/C20H23ClN2O3S/c1-25-16-3-5-17(6-4-16)27-13-8-20(24)22-18-14-15(21)2-7-19(18)23-9-11-26-12-10-23/h2-7,14H,8-13H2,1H3,(H,22,24). The van der Waals surface area contributed by atoms with Gasteiger partial charge in [0.1, 0.15) is 5.75 Å². The largest absolute Gasteiger partial charge is 0.497 e. The minimum atomic E-state index is -0.0206. The molecule has 1 amide bonds. The number of amides is 1. The van der Waals surface area contributed by atoms with E-state index in [9.17, 15) is 4.79 Å². The number of carbonyl (C=O) groups is 1. The number of thioether (sulfide) groups is 1. The summed E-state index contributed by atoms with van der Waals surface area (Å²) in [5.74, 6) is 1.51. The lowest BCUT2D eigenvalue weighted by atomic mass is 10.2. The molecule has 2 aromatic rings. The predicted molar refractivity (Wildman–Crippen MR) is 111 cm³/mol. The van der Waals surface area contributed by atoms with Gasteiger partial charge in [0.2, 0.25) is 5.91 Å². The molecule has 0 aromatic heterocycles. The van der Waals surface area contributed by atoms with Crippen molar-refractivity contribution in [3.05, 3.63) is 47.5 Å². The van der Waals surface area contributed by atoms with Gasteiger partial charge in [0.05, 0.1) is 31.7 Å². The number of methoxy groups -OCH3 is 1. The van der Waals surface area contributed by atoms with E-state index in [1.54, 1.807) is 24.9 Å². The van der Waals surface area contributed by atoms with Gasteiger partial charge in [-0.15, -0.1) is 11.8 Å². The van der Waals surface area contributed by atoms with E-state index in [4.69, 9.17) is 21.1 Å². The number of morpholine rings is 1. The number of benzene rings is 2. The van der Waals surface area contributed by atoms with Crippen LogP contribution in [0.15, 0.2) is 47.4 Å². The second kappa shape index (κ2) is 9.88. The SMILES string of the molecule is COc1ccc(SCCC(=O)Nc2cc(Cl)ccc2N2CCOCC2)cc1. The molecule has 0 spiro atoms. The molecule has 1 heterocycles. The van der Waals surface area contributed by atoms with Crippen LogP contribution in [0, 0.1) is 0 Å². The van der Waals surface area contributed by atoms with Crippen molar-refractivity contribution in [1.29, 1.82) is 0 Å². The van der Waals surface area contributed by atoms with Gasteiger partial charge in [-0.3, -0.25) is 4.79 Å². The predicted octanol–water partition coefficient (Wildman–Crippen LogP) is 4.31. The van der Waals surface area contributed by atoms with Crippen LogP contribution < -0.4 is 15.0 Å². The van der Waals surface area contributed by atoms with Gasteiger partial charge in [0, 0.05) is 35.2 Å². The number of ether oxygens (including phenoxy) is 2. The maximum Gasteiger partial charge on any atom is 0.225 e. The zero-order valence-corrected chi connectivity index (χ0v) is 16.8. The van der Waals surface area contributed by atoms with Gasteiger partial charge >= 0.3 is 0 Å². The fourth-order valence-corrected chi connectivity index (χ4v) is 3.86. The molecule has 0 radical (unpaired) electrons. The van der Waals surface area contributed by atoms with Crippen LogP contribution in [-0.2, 0) is 9.53 Å². The Labute approximate surface area is 169 Å². The van der Waals surface area contributed by atoms with Crippen LogP contribution in [0.25, 0.3) is 0 Å². The lowest BCUT2D eigenvalue weighted by molar-refractivity contribution is -0.115. The minimum Gasteiger partial charge on any atom is -0.497 e. The fourth-order valence-electron chi connectivity index (χ4n) is 2.83. The molecular formula is C20H23ClN2O3S. The lowest BCUT2D eigenvalue weighted by Gasteiger charge is -2.30. The van der Waals surface area contributed by atoms with Gasteiger partial charge in [0.15, 0.2) is 0 Å². The van der Waals surface area contributed by atoms with Crippen molar-refractivity contribution in [2.45, 2.75) is 11.3 Å². The third-order valence-corrected chi connectivity index (χ3v) is 5.49. The topological polar surface area (TPSA) is 50.8 Å². The Kier molecular flexibility index (Phi) is 7.26. The van der Waals surface area contributed by atoms with Crippen LogP contribution >= 0.6 is 23.4 Å². The zero-order valence-electron chi connectivity index (χ0n) is 15.2. The molecule has 1 aliphatic rings. The maximum absolute atomic E-state index is 12.4. The first-order valence-corrected chi connectivity index (χ1v) is 10.2. The normalized spacial score (nSPS) is 14.1. The van der Waals surface area contributed by atoms with Crippen LogP contribution in [0.4, 0.5) is 11.4 Å². The molecule has 0 bridgehead atoms. The molecule has 27 heavy (non-hydrogen) atoms. The van der Waals surface area contributed by atoms with Crippen LogP contribution in [0.5, 0.6) is 5.75 Å². The summed E-state index contributed by atoms with van der Waals surface area (Å²) >= 11 is 7.78. The number of hydrogen-bond donors (Lipinski definition) is 1. The Morgan fingerprint density at radius 3 is 2.67 bits per heavy atom. The fraction of sp³-hybridized carbons (Fsp3) is 0.350. The molecule has 1 fully saturated rings. The van der Waals surface area contributed by atoms with E-state index >= 15 is 0 Å². The van der Waals surface area contributed by atoms with Gasteiger partial charge in [-0.05, 0) is 42.5 Å². The molecule has 1 aliphatic heterocycles. The smallest absolute Gasteiger partial charge is 0.225 e. The molecule has 1 saturated heterocycles. The number of anilines is 2. The Morgan fingerprint density at radius 2 is 1.96 bits per heavy atom. The molecule has 0 atom stereocenters. The first-order chi connectivity index (χ1) is 13.2. The average molecular weight is 407 g/mol. The Morgan fingerprint density at radius 1 is 1.22 bits per heavy atom. The molecule has 0 unspecified atom stereocenters. The summed E-state index contributed by atoms with van der Waals surface area (Å²) in [5.41, 5.74) is 1.74. The van der Waals surface area contributed by atoms with Gasteiger partial charge in [0.25, 0.3) is 0 Å². The Balaban J connectivity index is 1.55. The molecule has 0 aliphatic carbocycles. The summed E-state index contributed by atoms with van der Waals surface area (Å²) in [5, 5.41) is 3.62. The number of hydrogen-bond acceptors (Lipinski definition) is 5. The second-order valence-electron chi connectivity index (χ2n) is 6.08. The third-order valence-electron chi connectivity index (χ3n) is 4.24. The highest BCUT2D eigenvalue weighted by molar-refractivity contribution is 7.99. The second-order valence-corrected chi connectivity index (χ2v) is 7.69. The molecule has 0 saturated carbocycles. The van der Waals surface area contributed by atoms with E-state index in [-0.39, 0.29) is 5.91 Å². The maximum atomic E-state index is 12.4. The lowest BCUT2D eigenvalue weighted by Crippen LogP contribution is -2.36. The van der Waals surface area contributed by atoms with Crippen molar-refractivity contribution >= 4 is 40.6 Å². The number of nitrogens with one attached hydrogen (secondary N) is 1. The highest BCUT2D eigenvalue weighted by atomic mass is 35.5. The minimum absolute atomic E-state index is 0.0206. The number of nitrogens with zero attached hydrogens (tertiary/aromatic N) is 1. The first kappa shape index (κ1) is 19.9. The van der Waals surface area contributed by atoms with Crippen molar-refractivity contribution in [1.82, 2.24) is 0 Å². The Hall–Kier alpha value is -1.89. The summed E-state index contributed by atoms with van der Waals surface area (Å²) in [4.78, 5) is 15.7. The monoisotopic (exact) mass is 406 g/mol. The molecule has 7 heteroatoms. The van der Waals surface area contributed by atoms with E-state index in [0.29, 0.717) is 30.4 Å². The van der Waals surface area contributed by atoms with E-state index in [0.717, 1.165) is 35.1 Å². The molecule has 144 valence electrons. The summed E-state index contributed by atoms with van der Waals surface area (Å²) < 4.78 is 10.6. The third kappa shape index (κ3) is 5.79. The van der Waals surface area contributed by atoms with Crippen LogP contribution in [0.3, 0.4) is 0 Å².